The first kappa shape index (κ1) is 112. The smallest absolute Gasteiger partial charge is 0.462 e. The van der Waals surface area contributed by atoms with Crippen LogP contribution in [0.25, 0.3) is 0 Å². The van der Waals surface area contributed by atoms with Crippen molar-refractivity contribution in [1.29, 1.82) is 0 Å². The average molecular weight is 1690 g/mol. The molecule has 9 atom stereocenters. The quantitative estimate of drug-likeness (QED) is 0.00922. The van der Waals surface area contributed by atoms with E-state index in [0.717, 1.165) is 173 Å². The molecule has 1 saturated heterocycles. The van der Waals surface area contributed by atoms with Gasteiger partial charge in [-0.05, 0) is 57.8 Å². The molecule has 22 heteroatoms. The van der Waals surface area contributed by atoms with E-state index in [1.165, 1.54) is 180 Å². The number of esters is 4. The molecule has 1 rings (SSSR count). The highest BCUT2D eigenvalue weighted by molar-refractivity contribution is 7.46. The Balaban J connectivity index is 3.83. The van der Waals surface area contributed by atoms with Crippen LogP contribution in [0.4, 0.5) is 0 Å². The molecule has 0 radical (unpaired) electrons. The van der Waals surface area contributed by atoms with Crippen molar-refractivity contribution >= 4 is 37.6 Å². The molecule has 1 fully saturated rings. The molecule has 117 heavy (non-hydrogen) atoms. The second kappa shape index (κ2) is 79.1. The molecule has 21 nitrogen and oxygen atoms in total. The second-order valence-electron chi connectivity index (χ2n) is 35.0. The van der Waals surface area contributed by atoms with Crippen LogP contribution in [0.1, 0.15) is 485 Å². The van der Waals surface area contributed by atoms with Crippen LogP contribution < -0.4 is 10.6 Å². The van der Waals surface area contributed by atoms with E-state index in [1.807, 2.05) is 0 Å². The van der Waals surface area contributed by atoms with Gasteiger partial charge >= 0.3 is 31.7 Å². The molecule has 1 amide bonds. The number of rotatable bonds is 88. The molecule has 0 spiro atoms. The summed E-state index contributed by atoms with van der Waals surface area (Å²) in [5, 5.41) is 52.0. The Hall–Kier alpha value is -2.82. The lowest BCUT2D eigenvalue weighted by atomic mass is 9.90. The van der Waals surface area contributed by atoms with E-state index in [2.05, 4.69) is 52.2 Å². The molecule has 0 aliphatic carbocycles. The Bertz CT molecular complexity index is 2330. The van der Waals surface area contributed by atoms with Crippen molar-refractivity contribution in [2.24, 2.45) is 5.41 Å². The summed E-state index contributed by atoms with van der Waals surface area (Å²) in [7, 11) is -5.54. The minimum absolute atomic E-state index is 0.149. The Kier molecular flexibility index (Phi) is 75.9. The highest BCUT2D eigenvalue weighted by atomic mass is 31.2. The number of phosphoric acid groups is 1. The molecule has 0 bridgehead atoms. The maximum Gasteiger partial charge on any atom is 0.470 e. The van der Waals surface area contributed by atoms with Crippen LogP contribution in [0.3, 0.4) is 0 Å². The van der Waals surface area contributed by atoms with Crippen LogP contribution >= 0.6 is 7.82 Å². The summed E-state index contributed by atoms with van der Waals surface area (Å²) >= 11 is 0. The van der Waals surface area contributed by atoms with E-state index < -0.39 is 125 Å². The SMILES string of the molecule is CCCCCCCCCCCCCC(=O)OC(CCCCCCCCCCC)CC(=O)NCC(CO)(CO)COC1OC(CO)C(OP(=O)(O)O)C(OC(=O)CC(CCCCCCCCCCC)OC(=O)CCCCCCCCCCCCC)C1NC(O)CC(CCCCCCCCCCC)OC(=O)CCCCCCCCCCCCC. The number of phosphoric ester groups is 1. The number of aliphatic hydroxyl groups is 4. The Labute approximate surface area is 714 Å². The first-order valence-corrected chi connectivity index (χ1v) is 50.7. The number of hydrogen-bond acceptors (Lipinski definition) is 18. The van der Waals surface area contributed by atoms with Gasteiger partial charge in [0.1, 0.15) is 42.8 Å². The third-order valence-electron chi connectivity index (χ3n) is 23.7. The number of unbranched alkanes of at least 4 members (excludes halogenated alkanes) is 54. The minimum atomic E-state index is -5.54. The minimum Gasteiger partial charge on any atom is -0.462 e. The monoisotopic (exact) mass is 1690 g/mol. The third-order valence-corrected chi connectivity index (χ3v) is 24.2. The molecule has 1 aliphatic heterocycles. The molecule has 1 aliphatic rings. The number of ether oxygens (including phenoxy) is 6. The summed E-state index contributed by atoms with van der Waals surface area (Å²) in [4.78, 5) is 91.4. The fraction of sp³-hybridized carbons (Fsp3) is 0.947. The van der Waals surface area contributed by atoms with E-state index in [1.54, 1.807) is 0 Å². The fourth-order valence-electron chi connectivity index (χ4n) is 16.1. The normalized spacial score (nSPS) is 16.9. The van der Waals surface area contributed by atoms with Crippen molar-refractivity contribution in [2.45, 2.75) is 540 Å². The highest BCUT2D eigenvalue weighted by Crippen LogP contribution is 2.43. The standard InChI is InChI=1S/C95H183N2O19P/c1-7-13-19-25-31-37-40-46-52-58-64-70-87(103)111-81(67-61-55-49-43-34-28-22-16-10-4)73-85(101)96-77-95(78-99,79-100)80-110-94-91(97-86(102)74-82(68-62-56-50-44-35-29-23-17-11-5)112-88(104)71-65-59-53-47-41-38-32-26-20-14-8-2)93(92(84(76-98)114-94)116-117(107,108)109)115-90(106)75-83(69-63-57-51-45-36-30-24-18-12-6)113-89(105)72-66-60-54-48-42-39-33-27-21-15-9-3/h81-84,86,91-94,97-100,102H,7-80H2,1-6H3,(H,96,101)(H2,107,108,109). The van der Waals surface area contributed by atoms with Crippen LogP contribution in [0.15, 0.2) is 0 Å². The van der Waals surface area contributed by atoms with Crippen molar-refractivity contribution in [3.8, 4) is 0 Å². The molecule has 0 aromatic rings. The second-order valence-corrected chi connectivity index (χ2v) is 36.2. The molecule has 0 aromatic carbocycles. The number of amides is 1. The molecule has 1 heterocycles. The van der Waals surface area contributed by atoms with Gasteiger partial charge in [-0.25, -0.2) is 4.57 Å². The molecule has 692 valence electrons. The van der Waals surface area contributed by atoms with Gasteiger partial charge in [0, 0.05) is 32.2 Å². The maximum absolute atomic E-state index is 14.9. The summed E-state index contributed by atoms with van der Waals surface area (Å²) in [5.41, 5.74) is -1.66. The van der Waals surface area contributed by atoms with E-state index in [-0.39, 0.29) is 44.6 Å². The number of aliphatic hydroxyl groups excluding tert-OH is 4. The number of carbonyl (C=O) groups is 5. The maximum atomic E-state index is 14.9. The summed E-state index contributed by atoms with van der Waals surface area (Å²) in [6.07, 6.45) is 54.9. The van der Waals surface area contributed by atoms with Crippen molar-refractivity contribution in [2.75, 3.05) is 33.0 Å². The third kappa shape index (κ3) is 65.5. The van der Waals surface area contributed by atoms with Gasteiger partial charge < -0.3 is 64.0 Å². The van der Waals surface area contributed by atoms with Gasteiger partial charge in [0.25, 0.3) is 0 Å². The molecule has 8 N–H and O–H groups in total. The van der Waals surface area contributed by atoms with Crippen molar-refractivity contribution in [3.05, 3.63) is 0 Å². The van der Waals surface area contributed by atoms with Gasteiger partial charge in [0.2, 0.25) is 5.91 Å². The Morgan fingerprint density at radius 1 is 0.385 bits per heavy atom. The zero-order valence-corrected chi connectivity index (χ0v) is 76.9. The summed E-state index contributed by atoms with van der Waals surface area (Å²) in [6.45, 7) is 9.81. The van der Waals surface area contributed by atoms with E-state index in [9.17, 15) is 58.8 Å². The lowest BCUT2D eigenvalue weighted by molar-refractivity contribution is -0.282. The van der Waals surface area contributed by atoms with E-state index in [0.29, 0.717) is 51.4 Å². The van der Waals surface area contributed by atoms with Gasteiger partial charge in [-0.3, -0.25) is 33.8 Å². The van der Waals surface area contributed by atoms with Gasteiger partial charge in [0.05, 0.1) is 44.7 Å². The lowest BCUT2D eigenvalue weighted by Crippen LogP contribution is -2.67. The van der Waals surface area contributed by atoms with Crippen LogP contribution in [0.5, 0.6) is 0 Å². The van der Waals surface area contributed by atoms with Gasteiger partial charge in [0.15, 0.2) is 12.4 Å². The van der Waals surface area contributed by atoms with Crippen LogP contribution in [-0.2, 0) is 61.5 Å². The van der Waals surface area contributed by atoms with Gasteiger partial charge in [-0.1, -0.05) is 388 Å². The predicted molar refractivity (Wildman–Crippen MR) is 473 cm³/mol. The predicted octanol–water partition coefficient (Wildman–Crippen LogP) is 23.2. The van der Waals surface area contributed by atoms with Crippen LogP contribution in [-0.4, -0.2) is 148 Å². The van der Waals surface area contributed by atoms with Crippen molar-refractivity contribution in [1.82, 2.24) is 10.6 Å². The van der Waals surface area contributed by atoms with Crippen molar-refractivity contribution < 1.29 is 91.7 Å². The van der Waals surface area contributed by atoms with E-state index >= 15 is 0 Å². The lowest BCUT2D eigenvalue weighted by Gasteiger charge is -2.46. The van der Waals surface area contributed by atoms with Crippen molar-refractivity contribution in [3.63, 3.8) is 0 Å². The number of carbonyl (C=O) groups excluding carboxylic acids is 5. The Morgan fingerprint density at radius 3 is 0.983 bits per heavy atom. The molecule has 0 aromatic heterocycles. The fourth-order valence-corrected chi connectivity index (χ4v) is 16.6. The highest BCUT2D eigenvalue weighted by Gasteiger charge is 2.53. The largest absolute Gasteiger partial charge is 0.470 e. The van der Waals surface area contributed by atoms with Crippen LogP contribution in [0.2, 0.25) is 0 Å². The molecule has 0 saturated carbocycles. The number of hydrogen-bond donors (Lipinski definition) is 8. The topological polar surface area (TPSA) is 312 Å². The molecular formula is C95H183N2O19P. The van der Waals surface area contributed by atoms with Gasteiger partial charge in [-0.15, -0.1) is 0 Å². The zero-order valence-electron chi connectivity index (χ0n) is 76.0. The number of nitrogens with one attached hydrogen (secondary N) is 2. The van der Waals surface area contributed by atoms with Crippen LogP contribution in [0, 0.1) is 5.41 Å². The molecular weight excluding hydrogens is 1500 g/mol. The van der Waals surface area contributed by atoms with E-state index in [4.69, 9.17) is 32.9 Å². The average Bonchev–Trinajstić information content (AvgIpc) is 0.777. The summed E-state index contributed by atoms with van der Waals surface area (Å²) in [5.74, 6) is -2.69. The zero-order chi connectivity index (χ0) is 85.8. The first-order valence-electron chi connectivity index (χ1n) is 49.2. The Morgan fingerprint density at radius 2 is 0.675 bits per heavy atom. The van der Waals surface area contributed by atoms with Gasteiger partial charge in [-0.2, -0.15) is 0 Å². The first-order chi connectivity index (χ1) is 56.9. The molecule has 9 unspecified atom stereocenters. The summed E-state index contributed by atoms with van der Waals surface area (Å²) < 4.78 is 56.2. The summed E-state index contributed by atoms with van der Waals surface area (Å²) in [6, 6.07) is -1.63.